The van der Waals surface area contributed by atoms with Crippen LogP contribution in [0.25, 0.3) is 10.6 Å². The van der Waals surface area contributed by atoms with E-state index in [1.165, 1.54) is 16.9 Å². The molecule has 1 amide bonds. The van der Waals surface area contributed by atoms with Gasteiger partial charge in [0.25, 0.3) is 5.91 Å². The van der Waals surface area contributed by atoms with E-state index in [1.54, 1.807) is 19.4 Å². The molecule has 2 heterocycles. The number of nitrogens with zero attached hydrogens (tertiary/aromatic N) is 2. The number of aryl methyl sites for hydroxylation is 3. The molecule has 152 valence electrons. The number of thiazole rings is 1. The number of benzene rings is 1. The molecule has 6 nitrogen and oxygen atoms in total. The molecular weight excluding hydrogens is 386 g/mol. The molecule has 0 aliphatic rings. The van der Waals surface area contributed by atoms with Crippen molar-refractivity contribution in [3.05, 3.63) is 63.8 Å². The van der Waals surface area contributed by atoms with Crippen LogP contribution in [0.5, 0.6) is 5.88 Å². The van der Waals surface area contributed by atoms with Crippen LogP contribution >= 0.6 is 11.3 Å². The number of aromatic nitrogens is 2. The molecule has 0 radical (unpaired) electrons. The number of pyridine rings is 1. The highest BCUT2D eigenvalue weighted by molar-refractivity contribution is 7.17. The van der Waals surface area contributed by atoms with Gasteiger partial charge in [-0.25, -0.2) is 9.97 Å². The maximum absolute atomic E-state index is 12.7. The third-order valence-electron chi connectivity index (χ3n) is 4.40. The van der Waals surface area contributed by atoms with Gasteiger partial charge in [0.1, 0.15) is 16.5 Å². The lowest BCUT2D eigenvalue weighted by atomic mass is 10.1. The number of carbonyl (C=O) groups is 1. The van der Waals surface area contributed by atoms with E-state index < -0.39 is 0 Å². The average Bonchev–Trinajstić information content (AvgIpc) is 3.08. The second-order valence-corrected chi connectivity index (χ2v) is 7.78. The summed E-state index contributed by atoms with van der Waals surface area (Å²) in [4.78, 5) is 22.1. The molecule has 29 heavy (non-hydrogen) atoms. The van der Waals surface area contributed by atoms with Gasteiger partial charge in [-0.1, -0.05) is 29.8 Å². The van der Waals surface area contributed by atoms with Gasteiger partial charge in [-0.15, -0.1) is 11.3 Å². The molecule has 0 unspecified atom stereocenters. The fourth-order valence-corrected chi connectivity index (χ4v) is 3.94. The van der Waals surface area contributed by atoms with Crippen molar-refractivity contribution >= 4 is 17.2 Å². The lowest BCUT2D eigenvalue weighted by Crippen LogP contribution is -2.22. The smallest absolute Gasteiger partial charge is 0.263 e. The van der Waals surface area contributed by atoms with Gasteiger partial charge < -0.3 is 14.8 Å². The second kappa shape index (κ2) is 9.62. The number of hydrogen-bond donors (Lipinski definition) is 1. The first-order chi connectivity index (χ1) is 14.0. The predicted octanol–water partition coefficient (Wildman–Crippen LogP) is 4.09. The Bertz CT molecular complexity index is 983. The first kappa shape index (κ1) is 21.0. The van der Waals surface area contributed by atoms with Gasteiger partial charge in [0.2, 0.25) is 5.88 Å². The van der Waals surface area contributed by atoms with Gasteiger partial charge in [-0.2, -0.15) is 0 Å². The molecule has 0 saturated carbocycles. The molecule has 1 aromatic carbocycles. The lowest BCUT2D eigenvalue weighted by molar-refractivity contribution is 0.0954. The summed E-state index contributed by atoms with van der Waals surface area (Å²) in [5, 5.41) is 3.81. The van der Waals surface area contributed by atoms with Crippen molar-refractivity contribution in [2.45, 2.75) is 27.3 Å². The predicted molar refractivity (Wildman–Crippen MR) is 115 cm³/mol. The quantitative estimate of drug-likeness (QED) is 0.565. The Labute approximate surface area is 174 Å². The van der Waals surface area contributed by atoms with Crippen molar-refractivity contribution in [2.75, 3.05) is 20.3 Å². The van der Waals surface area contributed by atoms with Gasteiger partial charge in [0.05, 0.1) is 12.3 Å². The lowest BCUT2D eigenvalue weighted by Gasteiger charge is -2.07. The van der Waals surface area contributed by atoms with Crippen LogP contribution in [0.2, 0.25) is 0 Å². The van der Waals surface area contributed by atoms with Crippen LogP contribution in [0.3, 0.4) is 0 Å². The van der Waals surface area contributed by atoms with Gasteiger partial charge in [0, 0.05) is 31.5 Å². The molecule has 1 N–H and O–H groups in total. The maximum atomic E-state index is 12.7. The zero-order valence-electron chi connectivity index (χ0n) is 17.1. The summed E-state index contributed by atoms with van der Waals surface area (Å²) in [5.41, 5.74) is 5.07. The van der Waals surface area contributed by atoms with E-state index in [2.05, 4.69) is 47.3 Å². The van der Waals surface area contributed by atoms with Crippen molar-refractivity contribution in [3.63, 3.8) is 0 Å². The highest BCUT2D eigenvalue weighted by Crippen LogP contribution is 2.30. The van der Waals surface area contributed by atoms with Gasteiger partial charge in [-0.3, -0.25) is 4.79 Å². The Morgan fingerprint density at radius 3 is 2.66 bits per heavy atom. The summed E-state index contributed by atoms with van der Waals surface area (Å²) in [6.07, 6.45) is 1.70. The number of rotatable bonds is 8. The third-order valence-corrected chi connectivity index (χ3v) is 5.59. The van der Waals surface area contributed by atoms with Gasteiger partial charge >= 0.3 is 0 Å². The molecule has 0 bridgehead atoms. The minimum Gasteiger partial charge on any atom is -0.475 e. The maximum Gasteiger partial charge on any atom is 0.263 e. The van der Waals surface area contributed by atoms with Crippen LogP contribution in [0.1, 0.15) is 32.1 Å². The minimum atomic E-state index is -0.128. The molecule has 7 heteroatoms. The summed E-state index contributed by atoms with van der Waals surface area (Å²) in [5.74, 6) is 0.407. The Hall–Kier alpha value is -2.77. The van der Waals surface area contributed by atoms with Crippen LogP contribution in [0.15, 0.2) is 36.5 Å². The van der Waals surface area contributed by atoms with Crippen LogP contribution in [-0.4, -0.2) is 36.2 Å². The van der Waals surface area contributed by atoms with E-state index in [-0.39, 0.29) is 5.91 Å². The summed E-state index contributed by atoms with van der Waals surface area (Å²) < 4.78 is 10.4. The molecule has 0 aliphatic heterocycles. The van der Waals surface area contributed by atoms with Gasteiger partial charge in [-0.05, 0) is 31.9 Å². The molecule has 3 rings (SSSR count). The van der Waals surface area contributed by atoms with Crippen LogP contribution in [0.4, 0.5) is 0 Å². The highest BCUT2D eigenvalue weighted by atomic mass is 32.1. The van der Waals surface area contributed by atoms with Crippen molar-refractivity contribution in [3.8, 4) is 16.5 Å². The number of ether oxygens (including phenoxy) is 2. The molecule has 2 aromatic heterocycles. The topological polar surface area (TPSA) is 73.3 Å². The summed E-state index contributed by atoms with van der Waals surface area (Å²) in [6.45, 7) is 7.35. The number of carbonyl (C=O) groups excluding carboxylic acids is 1. The Kier molecular flexibility index (Phi) is 6.95. The number of nitrogens with one attached hydrogen (secondary N) is 1. The molecular formula is C22H25N3O3S. The molecule has 0 spiro atoms. The zero-order valence-corrected chi connectivity index (χ0v) is 17.9. The molecule has 0 fully saturated rings. The van der Waals surface area contributed by atoms with Gasteiger partial charge in [0.15, 0.2) is 0 Å². The van der Waals surface area contributed by atoms with E-state index in [9.17, 15) is 4.79 Å². The zero-order chi connectivity index (χ0) is 20.8. The minimum absolute atomic E-state index is 0.128. The Balaban J connectivity index is 1.63. The number of methoxy groups -OCH3 is 1. The van der Waals surface area contributed by atoms with Crippen LogP contribution in [-0.2, 0) is 11.3 Å². The van der Waals surface area contributed by atoms with Crippen molar-refractivity contribution in [2.24, 2.45) is 0 Å². The summed E-state index contributed by atoms with van der Waals surface area (Å²) >= 11 is 1.42. The highest BCUT2D eigenvalue weighted by Gasteiger charge is 2.17. The Morgan fingerprint density at radius 1 is 1.14 bits per heavy atom. The van der Waals surface area contributed by atoms with E-state index in [0.717, 1.165) is 27.4 Å². The molecule has 0 saturated heterocycles. The fraction of sp³-hybridized carbons (Fsp3) is 0.318. The third kappa shape index (κ3) is 5.40. The molecule has 0 aliphatic carbocycles. The standard InChI is InChI=1S/C22H25N3O3S/c1-14-5-7-18(15(2)11-14)22-25-16(3)20(29-22)21(26)24-13-17-6-8-19(23-12-17)28-10-9-27-4/h5-8,11-12H,9-10,13H2,1-4H3,(H,24,26). The first-order valence-electron chi connectivity index (χ1n) is 9.38. The SMILES string of the molecule is COCCOc1ccc(CNC(=O)c2sc(-c3ccc(C)cc3C)nc2C)cn1. The van der Waals surface area contributed by atoms with Crippen LogP contribution < -0.4 is 10.1 Å². The first-order valence-corrected chi connectivity index (χ1v) is 10.2. The second-order valence-electron chi connectivity index (χ2n) is 6.78. The Morgan fingerprint density at radius 2 is 1.97 bits per heavy atom. The molecule has 3 aromatic rings. The average molecular weight is 412 g/mol. The van der Waals surface area contributed by atoms with E-state index >= 15 is 0 Å². The summed E-state index contributed by atoms with van der Waals surface area (Å²) in [7, 11) is 1.62. The van der Waals surface area contributed by atoms with Crippen molar-refractivity contribution in [1.82, 2.24) is 15.3 Å². The monoisotopic (exact) mass is 411 g/mol. The number of amides is 1. The van der Waals surface area contributed by atoms with Crippen LogP contribution in [0, 0.1) is 20.8 Å². The van der Waals surface area contributed by atoms with E-state index in [1.807, 2.05) is 13.0 Å². The number of hydrogen-bond acceptors (Lipinski definition) is 6. The fourth-order valence-electron chi connectivity index (χ4n) is 2.87. The molecule has 0 atom stereocenters. The largest absolute Gasteiger partial charge is 0.475 e. The van der Waals surface area contributed by atoms with E-state index in [4.69, 9.17) is 9.47 Å². The summed E-state index contributed by atoms with van der Waals surface area (Å²) in [6, 6.07) is 9.92. The van der Waals surface area contributed by atoms with Crippen molar-refractivity contribution < 1.29 is 14.3 Å². The normalized spacial score (nSPS) is 10.8. The van der Waals surface area contributed by atoms with Crippen molar-refractivity contribution in [1.29, 1.82) is 0 Å². The van der Waals surface area contributed by atoms with E-state index in [0.29, 0.717) is 30.5 Å².